The molecule has 10 heteroatoms. The molecule has 0 fully saturated rings. The van der Waals surface area contributed by atoms with Gasteiger partial charge >= 0.3 is 11.9 Å². The first-order chi connectivity index (χ1) is 9.34. The van der Waals surface area contributed by atoms with Gasteiger partial charge in [0.1, 0.15) is 13.3 Å². The molecule has 0 rings (SSSR count). The average molecular weight is 312 g/mol. The minimum atomic E-state index is -4.56. The van der Waals surface area contributed by atoms with Crippen LogP contribution in [0.3, 0.4) is 0 Å². The van der Waals surface area contributed by atoms with Gasteiger partial charge in [-0.25, -0.2) is 0 Å². The van der Waals surface area contributed by atoms with E-state index in [2.05, 4.69) is 9.05 Å². The van der Waals surface area contributed by atoms with Crippen LogP contribution in [0.4, 0.5) is 0 Å². The van der Waals surface area contributed by atoms with Gasteiger partial charge in [-0.2, -0.15) is 0 Å². The van der Waals surface area contributed by atoms with E-state index in [4.69, 9.17) is 15.2 Å². The second-order valence-corrected chi connectivity index (χ2v) is 4.95. The lowest BCUT2D eigenvalue weighted by molar-refractivity contribution is -0.228. The number of ether oxygens (including phenoxy) is 2. The van der Waals surface area contributed by atoms with Crippen LogP contribution in [0.1, 0.15) is 26.7 Å². The standard InChI is InChI=1S/C10H20NO8P/c1-3-9(12)16-5-8(19-10(13)4-2)6-17-20(14,15)18-7-11/h8H,3-7,11H2,1-2H3,(H,14,15)/p-1. The highest BCUT2D eigenvalue weighted by Gasteiger charge is 2.19. The molecular formula is C10H19NO8P-. The fourth-order valence-corrected chi connectivity index (χ4v) is 1.58. The van der Waals surface area contributed by atoms with Crippen molar-refractivity contribution in [1.82, 2.24) is 0 Å². The Morgan fingerprint density at radius 2 is 1.75 bits per heavy atom. The highest BCUT2D eigenvalue weighted by Crippen LogP contribution is 2.37. The Balaban J connectivity index is 4.40. The van der Waals surface area contributed by atoms with Crippen molar-refractivity contribution in [3.05, 3.63) is 0 Å². The van der Waals surface area contributed by atoms with Gasteiger partial charge in [0.25, 0.3) is 7.82 Å². The number of rotatable bonds is 10. The van der Waals surface area contributed by atoms with Crippen LogP contribution in [-0.2, 0) is 32.7 Å². The van der Waals surface area contributed by atoms with Gasteiger partial charge in [-0.15, -0.1) is 0 Å². The Morgan fingerprint density at radius 1 is 1.15 bits per heavy atom. The monoisotopic (exact) mass is 312 g/mol. The molecule has 0 aromatic carbocycles. The van der Waals surface area contributed by atoms with Crippen molar-refractivity contribution in [2.45, 2.75) is 32.8 Å². The molecule has 0 amide bonds. The molecule has 0 bridgehead atoms. The average Bonchev–Trinajstić information content (AvgIpc) is 2.41. The predicted molar refractivity (Wildman–Crippen MR) is 65.1 cm³/mol. The Kier molecular flexibility index (Phi) is 9.35. The third-order valence-corrected chi connectivity index (χ3v) is 2.89. The van der Waals surface area contributed by atoms with Gasteiger partial charge < -0.3 is 29.1 Å². The molecule has 0 radical (unpaired) electrons. The minimum Gasteiger partial charge on any atom is -0.756 e. The van der Waals surface area contributed by atoms with Crippen molar-refractivity contribution >= 4 is 19.8 Å². The highest BCUT2D eigenvalue weighted by molar-refractivity contribution is 7.45. The number of carbonyl (C=O) groups excluding carboxylic acids is 2. The van der Waals surface area contributed by atoms with Crippen LogP contribution in [0, 0.1) is 0 Å². The number of phosphoric ester groups is 1. The molecule has 20 heavy (non-hydrogen) atoms. The number of hydrogen-bond acceptors (Lipinski definition) is 9. The van der Waals surface area contributed by atoms with Crippen molar-refractivity contribution in [1.29, 1.82) is 0 Å². The quantitative estimate of drug-likeness (QED) is 0.326. The summed E-state index contributed by atoms with van der Waals surface area (Å²) in [4.78, 5) is 33.3. The van der Waals surface area contributed by atoms with Crippen LogP contribution in [0.5, 0.6) is 0 Å². The Labute approximate surface area is 116 Å². The Hall–Kier alpha value is -0.990. The van der Waals surface area contributed by atoms with Crippen molar-refractivity contribution < 1.29 is 37.6 Å². The second kappa shape index (κ2) is 9.84. The zero-order valence-corrected chi connectivity index (χ0v) is 12.3. The molecule has 0 aliphatic rings. The van der Waals surface area contributed by atoms with E-state index in [-0.39, 0.29) is 19.4 Å². The highest BCUT2D eigenvalue weighted by atomic mass is 31.2. The van der Waals surface area contributed by atoms with Gasteiger partial charge in [-0.1, -0.05) is 13.8 Å². The number of carbonyl (C=O) groups is 2. The molecule has 118 valence electrons. The molecule has 0 aliphatic carbocycles. The first kappa shape index (κ1) is 19.0. The maximum Gasteiger partial charge on any atom is 0.305 e. The maximum absolute atomic E-state index is 11.2. The minimum absolute atomic E-state index is 0.0898. The number of hydrogen-bond donors (Lipinski definition) is 1. The van der Waals surface area contributed by atoms with E-state index in [9.17, 15) is 19.0 Å². The maximum atomic E-state index is 11.2. The van der Waals surface area contributed by atoms with Gasteiger partial charge in [0.15, 0.2) is 6.10 Å². The SMILES string of the molecule is CCC(=O)OCC(COP(=O)([O-])OCN)OC(=O)CC. The van der Waals surface area contributed by atoms with Crippen LogP contribution < -0.4 is 10.6 Å². The Bertz CT molecular complexity index is 361. The summed E-state index contributed by atoms with van der Waals surface area (Å²) in [5.41, 5.74) is 4.91. The van der Waals surface area contributed by atoms with Crippen molar-refractivity contribution in [2.75, 3.05) is 19.9 Å². The second-order valence-electron chi connectivity index (χ2n) is 3.54. The van der Waals surface area contributed by atoms with Gasteiger partial charge in [-0.3, -0.25) is 14.2 Å². The summed E-state index contributed by atoms with van der Waals surface area (Å²) in [5.74, 6) is -1.09. The smallest absolute Gasteiger partial charge is 0.305 e. The number of esters is 2. The Morgan fingerprint density at radius 3 is 2.25 bits per heavy atom. The summed E-state index contributed by atoms with van der Waals surface area (Å²) in [5, 5.41) is 0. The zero-order chi connectivity index (χ0) is 15.6. The van der Waals surface area contributed by atoms with Crippen LogP contribution in [0.2, 0.25) is 0 Å². The molecule has 0 saturated heterocycles. The van der Waals surface area contributed by atoms with Crippen molar-refractivity contribution in [3.8, 4) is 0 Å². The summed E-state index contributed by atoms with van der Waals surface area (Å²) in [7, 11) is -4.56. The van der Waals surface area contributed by atoms with Crippen LogP contribution in [0.25, 0.3) is 0 Å². The number of nitrogens with two attached hydrogens (primary N) is 1. The molecule has 9 nitrogen and oxygen atoms in total. The summed E-state index contributed by atoms with van der Waals surface area (Å²) >= 11 is 0. The summed E-state index contributed by atoms with van der Waals surface area (Å²) in [6, 6.07) is 0. The van der Waals surface area contributed by atoms with Crippen LogP contribution in [0.15, 0.2) is 0 Å². The van der Waals surface area contributed by atoms with Gasteiger partial charge in [-0.05, 0) is 0 Å². The summed E-state index contributed by atoms with van der Waals surface area (Å²) in [6.07, 6.45) is -0.806. The summed E-state index contributed by atoms with van der Waals surface area (Å²) < 4.78 is 29.4. The first-order valence-corrected chi connectivity index (χ1v) is 7.46. The molecular weight excluding hydrogens is 293 g/mol. The van der Waals surface area contributed by atoms with Gasteiger partial charge in [0, 0.05) is 12.8 Å². The van der Waals surface area contributed by atoms with E-state index in [1.807, 2.05) is 0 Å². The lowest BCUT2D eigenvalue weighted by Gasteiger charge is -2.24. The lowest BCUT2D eigenvalue weighted by Crippen LogP contribution is -2.30. The zero-order valence-electron chi connectivity index (χ0n) is 11.4. The van der Waals surface area contributed by atoms with E-state index in [1.165, 1.54) is 0 Å². The largest absolute Gasteiger partial charge is 0.756 e. The first-order valence-electron chi connectivity index (χ1n) is 5.99. The van der Waals surface area contributed by atoms with E-state index in [0.717, 1.165) is 0 Å². The molecule has 0 heterocycles. The molecule has 0 spiro atoms. The molecule has 0 aliphatic heterocycles. The fraction of sp³-hybridized carbons (Fsp3) is 0.800. The van der Waals surface area contributed by atoms with E-state index in [1.54, 1.807) is 13.8 Å². The molecule has 0 aromatic heterocycles. The molecule has 0 saturated carbocycles. The third kappa shape index (κ3) is 9.00. The van der Waals surface area contributed by atoms with E-state index >= 15 is 0 Å². The van der Waals surface area contributed by atoms with Crippen molar-refractivity contribution in [2.24, 2.45) is 5.73 Å². The van der Waals surface area contributed by atoms with Gasteiger partial charge in [0.2, 0.25) is 0 Å². The fourth-order valence-electron chi connectivity index (χ4n) is 0.976. The summed E-state index contributed by atoms with van der Waals surface area (Å²) in [6.45, 7) is 1.76. The topological polar surface area (TPSA) is 137 Å². The third-order valence-electron chi connectivity index (χ3n) is 1.96. The normalized spacial score (nSPS) is 15.2. The van der Waals surface area contributed by atoms with Crippen molar-refractivity contribution in [3.63, 3.8) is 0 Å². The van der Waals surface area contributed by atoms with E-state index < -0.39 is 39.2 Å². The van der Waals surface area contributed by atoms with E-state index in [0.29, 0.717) is 0 Å². The molecule has 2 atom stereocenters. The predicted octanol–water partition coefficient (Wildman–Crippen LogP) is -0.321. The lowest BCUT2D eigenvalue weighted by atomic mass is 10.4. The van der Waals surface area contributed by atoms with Crippen LogP contribution >= 0.6 is 7.82 Å². The molecule has 2 N–H and O–H groups in total. The van der Waals surface area contributed by atoms with Gasteiger partial charge in [0.05, 0.1) is 6.61 Å². The van der Waals surface area contributed by atoms with Crippen LogP contribution in [-0.4, -0.2) is 38.0 Å². The molecule has 2 unspecified atom stereocenters. The number of phosphoric acid groups is 1. The molecule has 0 aromatic rings.